The van der Waals surface area contributed by atoms with Gasteiger partial charge in [0.25, 0.3) is 0 Å². The summed E-state index contributed by atoms with van der Waals surface area (Å²) in [5.74, 6) is -5.08. The number of rotatable bonds is 17. The second-order valence-electron chi connectivity index (χ2n) is 12.1. The minimum absolute atomic E-state index is 0.139. The summed E-state index contributed by atoms with van der Waals surface area (Å²) in [7, 11) is 0. The molecule has 3 atom stereocenters. The average Bonchev–Trinajstić information content (AvgIpc) is 2.93. The van der Waals surface area contributed by atoms with Crippen LogP contribution in [0.1, 0.15) is 107 Å². The number of carbonyl (C=O) groups is 1. The van der Waals surface area contributed by atoms with Gasteiger partial charge in [0.1, 0.15) is 17.2 Å². The van der Waals surface area contributed by atoms with Crippen LogP contribution in [0.5, 0.6) is 17.2 Å². The molecule has 0 radical (unpaired) electrons. The maximum Gasteiger partial charge on any atom is 0.453 e. The van der Waals surface area contributed by atoms with E-state index in [4.69, 9.17) is 4.74 Å². The van der Waals surface area contributed by atoms with Crippen LogP contribution in [0.3, 0.4) is 0 Å². The maximum absolute atomic E-state index is 13.0. The minimum Gasteiger partial charge on any atom is -0.508 e. The number of carboxylic acid groups (broad SMARTS) is 1. The molecule has 5 nitrogen and oxygen atoms in total. The monoisotopic (exact) mass is 614 g/mol. The van der Waals surface area contributed by atoms with Gasteiger partial charge in [-0.2, -0.15) is 22.0 Å². The maximum atomic E-state index is 13.0. The van der Waals surface area contributed by atoms with Gasteiger partial charge in [0.05, 0.1) is 12.5 Å². The second kappa shape index (κ2) is 15.1. The molecule has 1 aliphatic rings. The standard InChI is InChI=1S/C33H43F5O5/c1-31(24-14-16-25(39)17-15-24)22-43-29-21-26(40)18-19-27(29)28(31)13-9-5-3-2-4-7-11-23(30(41)42)12-8-6-10-20-32(34,35)33(36,37)38/h14-19,21,23,28,39-40H,2-13,20,22H2,1H3,(H,41,42). The summed E-state index contributed by atoms with van der Waals surface area (Å²) in [6, 6.07) is 12.5. The molecule has 0 saturated carbocycles. The number of carboxylic acids is 1. The number of phenols is 2. The topological polar surface area (TPSA) is 87.0 Å². The summed E-state index contributed by atoms with van der Waals surface area (Å²) < 4.78 is 68.9. The molecule has 3 unspecified atom stereocenters. The van der Waals surface area contributed by atoms with Crippen molar-refractivity contribution in [2.75, 3.05) is 6.61 Å². The van der Waals surface area contributed by atoms with Gasteiger partial charge in [0.15, 0.2) is 0 Å². The molecule has 0 aliphatic carbocycles. The van der Waals surface area contributed by atoms with Gasteiger partial charge in [-0.3, -0.25) is 4.79 Å². The van der Waals surface area contributed by atoms with Crippen molar-refractivity contribution in [3.05, 3.63) is 53.6 Å². The fourth-order valence-corrected chi connectivity index (χ4v) is 6.10. The van der Waals surface area contributed by atoms with E-state index in [9.17, 15) is 42.1 Å². The molecule has 3 N–H and O–H groups in total. The Hall–Kier alpha value is -3.04. The molecule has 0 amide bonds. The van der Waals surface area contributed by atoms with E-state index in [1.165, 1.54) is 0 Å². The van der Waals surface area contributed by atoms with E-state index in [1.807, 2.05) is 18.2 Å². The summed E-state index contributed by atoms with van der Waals surface area (Å²) >= 11 is 0. The van der Waals surface area contributed by atoms with Crippen molar-refractivity contribution in [3.63, 3.8) is 0 Å². The fourth-order valence-electron chi connectivity index (χ4n) is 6.10. The normalized spacial score (nSPS) is 19.4. The Bertz CT molecular complexity index is 1170. The van der Waals surface area contributed by atoms with Gasteiger partial charge in [-0.15, -0.1) is 0 Å². The van der Waals surface area contributed by atoms with Crippen LogP contribution >= 0.6 is 0 Å². The lowest BCUT2D eigenvalue weighted by Crippen LogP contribution is -2.40. The van der Waals surface area contributed by atoms with E-state index in [1.54, 1.807) is 24.3 Å². The van der Waals surface area contributed by atoms with E-state index >= 15 is 0 Å². The van der Waals surface area contributed by atoms with Crippen molar-refractivity contribution < 1.29 is 46.8 Å². The van der Waals surface area contributed by atoms with E-state index in [0.29, 0.717) is 25.2 Å². The first-order valence-corrected chi connectivity index (χ1v) is 15.2. The summed E-state index contributed by atoms with van der Waals surface area (Å²) in [6.45, 7) is 2.61. The third-order valence-corrected chi connectivity index (χ3v) is 8.80. The molecule has 0 fully saturated rings. The highest BCUT2D eigenvalue weighted by Crippen LogP contribution is 2.50. The summed E-state index contributed by atoms with van der Waals surface area (Å²) in [5, 5.41) is 29.2. The first kappa shape index (κ1) is 34.5. The van der Waals surface area contributed by atoms with Gasteiger partial charge in [0, 0.05) is 23.8 Å². The minimum atomic E-state index is -5.55. The highest BCUT2D eigenvalue weighted by Gasteiger charge is 2.56. The molecule has 1 heterocycles. The van der Waals surface area contributed by atoms with Crippen LogP contribution in [0.2, 0.25) is 0 Å². The average molecular weight is 615 g/mol. The van der Waals surface area contributed by atoms with Crippen LogP contribution in [-0.4, -0.2) is 40.0 Å². The van der Waals surface area contributed by atoms with Gasteiger partial charge in [-0.1, -0.05) is 76.5 Å². The molecule has 2 aromatic carbocycles. The van der Waals surface area contributed by atoms with Crippen LogP contribution in [0.25, 0.3) is 0 Å². The van der Waals surface area contributed by atoms with Crippen molar-refractivity contribution in [1.82, 2.24) is 0 Å². The van der Waals surface area contributed by atoms with Gasteiger partial charge in [-0.05, 0) is 55.0 Å². The van der Waals surface area contributed by atoms with Crippen molar-refractivity contribution in [2.24, 2.45) is 5.92 Å². The van der Waals surface area contributed by atoms with Crippen molar-refractivity contribution >= 4 is 5.97 Å². The van der Waals surface area contributed by atoms with Crippen LogP contribution < -0.4 is 4.74 Å². The van der Waals surface area contributed by atoms with Crippen LogP contribution in [-0.2, 0) is 10.2 Å². The lowest BCUT2D eigenvalue weighted by Gasteiger charge is -2.43. The number of halogens is 5. The molecule has 0 aromatic heterocycles. The lowest BCUT2D eigenvalue weighted by molar-refractivity contribution is -0.284. The SMILES string of the molecule is CC1(c2ccc(O)cc2)COc2cc(O)ccc2C1CCCCCCCCC(CCCCCC(F)(F)C(F)(F)F)C(=O)O. The summed E-state index contributed by atoms with van der Waals surface area (Å²) in [5.41, 5.74) is 1.80. The Morgan fingerprint density at radius 3 is 2.02 bits per heavy atom. The molecule has 2 aromatic rings. The predicted octanol–water partition coefficient (Wildman–Crippen LogP) is 9.50. The van der Waals surface area contributed by atoms with E-state index in [2.05, 4.69) is 6.92 Å². The zero-order valence-electron chi connectivity index (χ0n) is 24.6. The first-order valence-electron chi connectivity index (χ1n) is 15.2. The highest BCUT2D eigenvalue weighted by atomic mass is 19.4. The van der Waals surface area contributed by atoms with Gasteiger partial charge >= 0.3 is 18.1 Å². The van der Waals surface area contributed by atoms with Gasteiger partial charge in [-0.25, -0.2) is 0 Å². The Balaban J connectivity index is 1.40. The quantitative estimate of drug-likeness (QED) is 0.122. The van der Waals surface area contributed by atoms with E-state index in [0.717, 1.165) is 56.1 Å². The predicted molar refractivity (Wildman–Crippen MR) is 154 cm³/mol. The van der Waals surface area contributed by atoms with Crippen molar-refractivity contribution in [3.8, 4) is 17.2 Å². The number of hydrogen-bond acceptors (Lipinski definition) is 4. The largest absolute Gasteiger partial charge is 0.508 e. The number of unbranched alkanes of at least 4 members (excludes halogenated alkanes) is 7. The molecule has 240 valence electrons. The molecule has 10 heteroatoms. The third kappa shape index (κ3) is 9.47. The Morgan fingerprint density at radius 2 is 1.42 bits per heavy atom. The molecule has 0 saturated heterocycles. The van der Waals surface area contributed by atoms with Gasteiger partial charge in [0.2, 0.25) is 0 Å². The summed E-state index contributed by atoms with van der Waals surface area (Å²) in [6.07, 6.45) is 0.490. The Kier molecular flexibility index (Phi) is 12.1. The van der Waals surface area contributed by atoms with E-state index in [-0.39, 0.29) is 42.1 Å². The zero-order chi connectivity index (χ0) is 31.7. The van der Waals surface area contributed by atoms with Crippen molar-refractivity contribution in [2.45, 2.75) is 114 Å². The number of alkyl halides is 5. The number of phenolic OH excluding ortho intramolecular Hbond substituents is 2. The molecular weight excluding hydrogens is 571 g/mol. The number of aliphatic carboxylic acids is 1. The zero-order valence-corrected chi connectivity index (χ0v) is 24.6. The molecule has 3 rings (SSSR count). The first-order chi connectivity index (χ1) is 20.2. The molecule has 43 heavy (non-hydrogen) atoms. The molecule has 1 aliphatic heterocycles. The number of ether oxygens (including phenoxy) is 1. The smallest absolute Gasteiger partial charge is 0.453 e. The highest BCUT2D eigenvalue weighted by molar-refractivity contribution is 5.69. The lowest BCUT2D eigenvalue weighted by atomic mass is 9.66. The Labute approximate surface area is 250 Å². The number of hydrogen-bond donors (Lipinski definition) is 3. The molecule has 0 spiro atoms. The second-order valence-corrected chi connectivity index (χ2v) is 12.1. The molecular formula is C33H43F5O5. The number of benzene rings is 2. The number of fused-ring (bicyclic) bond motifs is 1. The third-order valence-electron chi connectivity index (χ3n) is 8.80. The van der Waals surface area contributed by atoms with Crippen LogP contribution in [0, 0.1) is 5.92 Å². The molecule has 0 bridgehead atoms. The van der Waals surface area contributed by atoms with Crippen LogP contribution in [0.4, 0.5) is 22.0 Å². The van der Waals surface area contributed by atoms with Gasteiger partial charge < -0.3 is 20.1 Å². The van der Waals surface area contributed by atoms with Crippen molar-refractivity contribution in [1.29, 1.82) is 0 Å². The Morgan fingerprint density at radius 1 is 0.860 bits per heavy atom. The van der Waals surface area contributed by atoms with Crippen LogP contribution in [0.15, 0.2) is 42.5 Å². The summed E-state index contributed by atoms with van der Waals surface area (Å²) in [4.78, 5) is 11.6. The van der Waals surface area contributed by atoms with E-state index < -0.39 is 30.4 Å². The number of aromatic hydroxyl groups is 2. The fraction of sp³-hybridized carbons (Fsp3) is 0.606.